The van der Waals surface area contributed by atoms with Gasteiger partial charge in [-0.25, -0.2) is 0 Å². The van der Waals surface area contributed by atoms with E-state index in [-0.39, 0.29) is 0 Å². The predicted octanol–water partition coefficient (Wildman–Crippen LogP) is 3.18. The lowest BCUT2D eigenvalue weighted by molar-refractivity contribution is 0.449. The molecule has 0 aliphatic heterocycles. The fourth-order valence-electron chi connectivity index (χ4n) is 2.24. The van der Waals surface area contributed by atoms with Gasteiger partial charge in [0.05, 0.1) is 0 Å². The Morgan fingerprint density at radius 1 is 1.41 bits per heavy atom. The largest absolute Gasteiger partial charge is 0.314 e. The Morgan fingerprint density at radius 3 is 2.94 bits per heavy atom. The lowest BCUT2D eigenvalue weighted by Gasteiger charge is -2.18. The highest BCUT2D eigenvalue weighted by molar-refractivity contribution is 5.05. The van der Waals surface area contributed by atoms with Gasteiger partial charge in [-0.2, -0.15) is 0 Å². The van der Waals surface area contributed by atoms with Crippen molar-refractivity contribution in [3.8, 4) is 0 Å². The van der Waals surface area contributed by atoms with Crippen LogP contribution in [0.3, 0.4) is 0 Å². The molecule has 1 atom stereocenters. The first-order valence-electron chi connectivity index (χ1n) is 7.01. The van der Waals surface area contributed by atoms with E-state index in [0.717, 1.165) is 18.9 Å². The summed E-state index contributed by atoms with van der Waals surface area (Å²) in [7, 11) is 0. The Morgan fingerprint density at radius 2 is 2.29 bits per heavy atom. The molecular weight excluding hydrogens is 208 g/mol. The van der Waals surface area contributed by atoms with E-state index in [9.17, 15) is 0 Å². The summed E-state index contributed by atoms with van der Waals surface area (Å²) in [5, 5.41) is 3.66. The number of pyridine rings is 1. The quantitative estimate of drug-likeness (QED) is 0.744. The number of aromatic nitrogens is 1. The molecule has 0 spiro atoms. The summed E-state index contributed by atoms with van der Waals surface area (Å²) >= 11 is 0. The summed E-state index contributed by atoms with van der Waals surface area (Å²) in [5.41, 5.74) is 1.22. The van der Waals surface area contributed by atoms with Crippen molar-refractivity contribution >= 4 is 0 Å². The van der Waals surface area contributed by atoms with E-state index in [1.165, 1.54) is 37.8 Å². The van der Waals surface area contributed by atoms with Gasteiger partial charge in [-0.3, -0.25) is 4.98 Å². The lowest BCUT2D eigenvalue weighted by atomic mass is 10.0. The maximum Gasteiger partial charge on any atom is 0.0419 e. The van der Waals surface area contributed by atoms with E-state index in [1.54, 1.807) is 0 Å². The van der Waals surface area contributed by atoms with Gasteiger partial charge in [-0.15, -0.1) is 0 Å². The van der Waals surface area contributed by atoms with Gasteiger partial charge in [0.1, 0.15) is 0 Å². The van der Waals surface area contributed by atoms with Gasteiger partial charge in [-0.05, 0) is 43.9 Å². The van der Waals surface area contributed by atoms with Crippen molar-refractivity contribution in [2.45, 2.75) is 51.5 Å². The maximum absolute atomic E-state index is 4.43. The average molecular weight is 232 g/mol. The van der Waals surface area contributed by atoms with E-state index < -0.39 is 0 Å². The Bertz CT molecular complexity index is 306. The Hall–Kier alpha value is -0.890. The van der Waals surface area contributed by atoms with Crippen molar-refractivity contribution in [3.05, 3.63) is 30.1 Å². The van der Waals surface area contributed by atoms with Crippen molar-refractivity contribution < 1.29 is 0 Å². The summed E-state index contributed by atoms with van der Waals surface area (Å²) in [6.45, 7) is 3.36. The minimum atomic E-state index is 0.616. The van der Waals surface area contributed by atoms with Gasteiger partial charge in [0.2, 0.25) is 0 Å². The molecule has 1 aromatic rings. The van der Waals surface area contributed by atoms with Crippen molar-refractivity contribution in [1.82, 2.24) is 10.3 Å². The van der Waals surface area contributed by atoms with E-state index in [1.807, 2.05) is 12.3 Å². The number of hydrogen-bond donors (Lipinski definition) is 1. The van der Waals surface area contributed by atoms with Crippen LogP contribution in [0.2, 0.25) is 0 Å². The normalized spacial score (nSPS) is 17.0. The van der Waals surface area contributed by atoms with E-state index in [2.05, 4.69) is 29.4 Å². The highest BCUT2D eigenvalue weighted by atomic mass is 14.9. The molecule has 0 amide bonds. The molecule has 1 unspecified atom stereocenters. The van der Waals surface area contributed by atoms with Crippen LogP contribution in [-0.2, 0) is 6.42 Å². The second-order valence-corrected chi connectivity index (χ2v) is 5.20. The summed E-state index contributed by atoms with van der Waals surface area (Å²) in [5.74, 6) is 1.03. The molecule has 1 aliphatic rings. The van der Waals surface area contributed by atoms with Gasteiger partial charge >= 0.3 is 0 Å². The summed E-state index contributed by atoms with van der Waals surface area (Å²) in [4.78, 5) is 4.43. The SMILES string of the molecule is CCCNC(CCC1CC1)Cc1ccccn1. The highest BCUT2D eigenvalue weighted by Gasteiger charge is 2.22. The van der Waals surface area contributed by atoms with Gasteiger partial charge in [0.15, 0.2) is 0 Å². The third-order valence-electron chi connectivity index (χ3n) is 3.48. The second kappa shape index (κ2) is 6.75. The molecule has 1 saturated carbocycles. The Kier molecular flexibility index (Phi) is 4.99. The van der Waals surface area contributed by atoms with Crippen LogP contribution >= 0.6 is 0 Å². The van der Waals surface area contributed by atoms with Crippen LogP contribution in [0.5, 0.6) is 0 Å². The van der Waals surface area contributed by atoms with Gasteiger partial charge in [0.25, 0.3) is 0 Å². The molecule has 1 fully saturated rings. The summed E-state index contributed by atoms with van der Waals surface area (Å²) in [6.07, 6.45) is 9.81. The number of rotatable bonds is 8. The molecule has 1 N–H and O–H groups in total. The minimum Gasteiger partial charge on any atom is -0.314 e. The van der Waals surface area contributed by atoms with Gasteiger partial charge in [-0.1, -0.05) is 25.8 Å². The molecule has 0 bridgehead atoms. The van der Waals surface area contributed by atoms with Crippen LogP contribution in [0.1, 0.15) is 44.7 Å². The first kappa shape index (κ1) is 12.6. The zero-order valence-corrected chi connectivity index (χ0v) is 10.9. The average Bonchev–Trinajstić information content (AvgIpc) is 3.18. The molecule has 0 radical (unpaired) electrons. The Balaban J connectivity index is 1.80. The molecule has 1 aliphatic carbocycles. The van der Waals surface area contributed by atoms with E-state index in [4.69, 9.17) is 0 Å². The van der Waals surface area contributed by atoms with Crippen LogP contribution in [0, 0.1) is 5.92 Å². The smallest absolute Gasteiger partial charge is 0.0419 e. The predicted molar refractivity (Wildman–Crippen MR) is 72.0 cm³/mol. The Labute approximate surface area is 105 Å². The molecular formula is C15H24N2. The van der Waals surface area contributed by atoms with Gasteiger partial charge in [0, 0.05) is 24.4 Å². The molecule has 17 heavy (non-hydrogen) atoms. The third kappa shape index (κ3) is 4.86. The zero-order chi connectivity index (χ0) is 11.9. The number of nitrogens with one attached hydrogen (secondary N) is 1. The molecule has 94 valence electrons. The van der Waals surface area contributed by atoms with Crippen LogP contribution in [0.15, 0.2) is 24.4 Å². The van der Waals surface area contributed by atoms with Crippen LogP contribution in [0.25, 0.3) is 0 Å². The van der Waals surface area contributed by atoms with Crippen LogP contribution in [0.4, 0.5) is 0 Å². The van der Waals surface area contributed by atoms with E-state index in [0.29, 0.717) is 6.04 Å². The molecule has 0 saturated heterocycles. The highest BCUT2D eigenvalue weighted by Crippen LogP contribution is 2.34. The summed E-state index contributed by atoms with van der Waals surface area (Å²) in [6, 6.07) is 6.82. The molecule has 2 rings (SSSR count). The standard InChI is InChI=1S/C15H24N2/c1-2-10-16-15(9-8-13-6-7-13)12-14-5-3-4-11-17-14/h3-5,11,13,15-16H,2,6-10,12H2,1H3. The van der Waals surface area contributed by atoms with Crippen molar-refractivity contribution in [2.75, 3.05) is 6.54 Å². The van der Waals surface area contributed by atoms with Crippen molar-refractivity contribution in [1.29, 1.82) is 0 Å². The minimum absolute atomic E-state index is 0.616. The monoisotopic (exact) mass is 232 g/mol. The number of nitrogens with zero attached hydrogens (tertiary/aromatic N) is 1. The van der Waals surface area contributed by atoms with Gasteiger partial charge < -0.3 is 5.32 Å². The fourth-order valence-corrected chi connectivity index (χ4v) is 2.24. The molecule has 1 heterocycles. The molecule has 0 aromatic carbocycles. The maximum atomic E-state index is 4.43. The number of hydrogen-bond acceptors (Lipinski definition) is 2. The topological polar surface area (TPSA) is 24.9 Å². The van der Waals surface area contributed by atoms with Crippen molar-refractivity contribution in [3.63, 3.8) is 0 Å². The van der Waals surface area contributed by atoms with Crippen molar-refractivity contribution in [2.24, 2.45) is 5.92 Å². The first-order chi connectivity index (χ1) is 8.38. The fraction of sp³-hybridized carbons (Fsp3) is 0.667. The second-order valence-electron chi connectivity index (χ2n) is 5.20. The third-order valence-corrected chi connectivity index (χ3v) is 3.48. The molecule has 2 heteroatoms. The first-order valence-corrected chi connectivity index (χ1v) is 7.01. The van der Waals surface area contributed by atoms with Crippen LogP contribution < -0.4 is 5.32 Å². The zero-order valence-electron chi connectivity index (χ0n) is 10.9. The van der Waals surface area contributed by atoms with Crippen LogP contribution in [-0.4, -0.2) is 17.6 Å². The molecule has 1 aromatic heterocycles. The summed E-state index contributed by atoms with van der Waals surface area (Å²) < 4.78 is 0. The van der Waals surface area contributed by atoms with E-state index >= 15 is 0 Å². The lowest BCUT2D eigenvalue weighted by Crippen LogP contribution is -2.32. The molecule has 2 nitrogen and oxygen atoms in total.